The average Bonchev–Trinajstić information content (AvgIpc) is 2.02. The topological polar surface area (TPSA) is 26.9 Å². The minimum atomic E-state index is -0.857. The molecule has 0 saturated carbocycles. The lowest BCUT2D eigenvalue weighted by atomic mass is 10.3. The molecular weight excluding hydrogens is 196 g/mol. The SMILES string of the molecule is CSC(C)c1c(F)cc(F)c[n+]1[O-]. The highest BCUT2D eigenvalue weighted by atomic mass is 32.2. The molecule has 0 fully saturated rings. The predicted molar refractivity (Wildman–Crippen MR) is 47.2 cm³/mol. The number of aromatic nitrogens is 1. The first-order valence-corrected chi connectivity index (χ1v) is 4.96. The molecule has 0 radical (unpaired) electrons. The lowest BCUT2D eigenvalue weighted by Crippen LogP contribution is -2.34. The summed E-state index contributed by atoms with van der Waals surface area (Å²) in [5.74, 6) is -1.65. The zero-order valence-corrected chi connectivity index (χ0v) is 8.07. The Labute approximate surface area is 79.2 Å². The van der Waals surface area contributed by atoms with Crippen molar-refractivity contribution in [3.63, 3.8) is 0 Å². The van der Waals surface area contributed by atoms with Crippen LogP contribution >= 0.6 is 11.8 Å². The van der Waals surface area contributed by atoms with Gasteiger partial charge in [0.2, 0.25) is 11.9 Å². The van der Waals surface area contributed by atoms with Crippen molar-refractivity contribution in [2.45, 2.75) is 12.2 Å². The molecule has 5 heteroatoms. The van der Waals surface area contributed by atoms with Crippen LogP contribution < -0.4 is 4.73 Å². The second kappa shape index (κ2) is 3.91. The third kappa shape index (κ3) is 2.09. The van der Waals surface area contributed by atoms with Crippen LogP contribution in [0.2, 0.25) is 0 Å². The van der Waals surface area contributed by atoms with Crippen molar-refractivity contribution in [2.24, 2.45) is 0 Å². The van der Waals surface area contributed by atoms with E-state index in [1.54, 1.807) is 13.2 Å². The molecule has 1 unspecified atom stereocenters. The van der Waals surface area contributed by atoms with Crippen LogP contribution in [-0.2, 0) is 0 Å². The second-order valence-corrected chi connectivity index (χ2v) is 3.77. The summed E-state index contributed by atoms with van der Waals surface area (Å²) in [6.45, 7) is 1.69. The molecule has 0 amide bonds. The Morgan fingerprint density at radius 1 is 1.54 bits per heavy atom. The minimum absolute atomic E-state index is 0.0334. The highest BCUT2D eigenvalue weighted by molar-refractivity contribution is 7.98. The molecule has 0 bridgehead atoms. The fraction of sp³-hybridized carbons (Fsp3) is 0.375. The summed E-state index contributed by atoms with van der Waals surface area (Å²) in [6, 6.07) is 0.719. The van der Waals surface area contributed by atoms with E-state index in [0.717, 1.165) is 12.3 Å². The van der Waals surface area contributed by atoms with Crippen LogP contribution in [0.25, 0.3) is 0 Å². The van der Waals surface area contributed by atoms with Gasteiger partial charge in [-0.3, -0.25) is 0 Å². The highest BCUT2D eigenvalue weighted by Crippen LogP contribution is 2.24. The third-order valence-electron chi connectivity index (χ3n) is 1.73. The van der Waals surface area contributed by atoms with Crippen LogP contribution in [0.5, 0.6) is 0 Å². The van der Waals surface area contributed by atoms with Crippen LogP contribution in [0, 0.1) is 16.8 Å². The molecule has 1 aromatic heterocycles. The zero-order valence-electron chi connectivity index (χ0n) is 7.25. The number of nitrogens with zero attached hydrogens (tertiary/aromatic N) is 1. The summed E-state index contributed by atoms with van der Waals surface area (Å²) in [7, 11) is 0. The van der Waals surface area contributed by atoms with Gasteiger partial charge in [-0.05, 0) is 13.2 Å². The fourth-order valence-corrected chi connectivity index (χ4v) is 1.44. The summed E-state index contributed by atoms with van der Waals surface area (Å²) >= 11 is 1.33. The van der Waals surface area contributed by atoms with Crippen molar-refractivity contribution in [2.75, 3.05) is 6.26 Å². The lowest BCUT2D eigenvalue weighted by molar-refractivity contribution is -0.617. The first kappa shape index (κ1) is 10.2. The molecule has 1 atom stereocenters. The number of thioether (sulfide) groups is 1. The van der Waals surface area contributed by atoms with Crippen LogP contribution in [-0.4, -0.2) is 6.26 Å². The van der Waals surface area contributed by atoms with Crippen molar-refractivity contribution in [1.82, 2.24) is 0 Å². The number of hydrogen-bond donors (Lipinski definition) is 0. The molecule has 13 heavy (non-hydrogen) atoms. The van der Waals surface area contributed by atoms with Crippen molar-refractivity contribution in [1.29, 1.82) is 0 Å². The standard InChI is InChI=1S/C8H9F2NOS/c1-5(13-2)8-7(10)3-6(9)4-11(8)12/h3-5H,1-2H3. The Kier molecular flexibility index (Phi) is 3.08. The number of halogens is 2. The monoisotopic (exact) mass is 205 g/mol. The smallest absolute Gasteiger partial charge is 0.241 e. The van der Waals surface area contributed by atoms with E-state index >= 15 is 0 Å². The summed E-state index contributed by atoms with van der Waals surface area (Å²) < 4.78 is 25.8. The molecule has 0 N–H and O–H groups in total. The van der Waals surface area contributed by atoms with E-state index in [1.807, 2.05) is 0 Å². The molecule has 0 aliphatic rings. The Bertz CT molecular complexity index is 296. The van der Waals surface area contributed by atoms with E-state index in [0.29, 0.717) is 0 Å². The largest absolute Gasteiger partial charge is 0.618 e. The van der Waals surface area contributed by atoms with E-state index in [-0.39, 0.29) is 15.7 Å². The van der Waals surface area contributed by atoms with E-state index in [4.69, 9.17) is 0 Å². The normalized spacial score (nSPS) is 12.9. The Balaban J connectivity index is 3.20. The van der Waals surface area contributed by atoms with E-state index < -0.39 is 11.6 Å². The van der Waals surface area contributed by atoms with Crippen molar-refractivity contribution in [3.05, 3.63) is 34.8 Å². The van der Waals surface area contributed by atoms with Crippen molar-refractivity contribution < 1.29 is 13.5 Å². The zero-order chi connectivity index (χ0) is 10.0. The van der Waals surface area contributed by atoms with Crippen molar-refractivity contribution >= 4 is 11.8 Å². The molecular formula is C8H9F2NOS. The third-order valence-corrected chi connectivity index (χ3v) is 2.66. The lowest BCUT2D eigenvalue weighted by Gasteiger charge is -2.09. The first-order chi connectivity index (χ1) is 6.06. The van der Waals surface area contributed by atoms with Crippen molar-refractivity contribution in [3.8, 4) is 0 Å². The molecule has 0 aliphatic carbocycles. The Hall–Kier alpha value is -0.840. The average molecular weight is 205 g/mol. The molecule has 72 valence electrons. The van der Waals surface area contributed by atoms with Crippen LogP contribution in [0.1, 0.15) is 17.9 Å². The van der Waals surface area contributed by atoms with Gasteiger partial charge in [0.05, 0.1) is 5.25 Å². The van der Waals surface area contributed by atoms with E-state index in [1.165, 1.54) is 11.8 Å². The van der Waals surface area contributed by atoms with Gasteiger partial charge < -0.3 is 5.21 Å². The summed E-state index contributed by atoms with van der Waals surface area (Å²) in [6.07, 6.45) is 2.48. The molecule has 0 aromatic carbocycles. The molecule has 0 saturated heterocycles. The molecule has 0 spiro atoms. The maximum Gasteiger partial charge on any atom is 0.241 e. The molecule has 1 aromatic rings. The van der Waals surface area contributed by atoms with Gasteiger partial charge in [-0.15, -0.1) is 0 Å². The molecule has 0 aliphatic heterocycles. The van der Waals surface area contributed by atoms with Gasteiger partial charge in [-0.1, -0.05) is 0 Å². The van der Waals surface area contributed by atoms with E-state index in [2.05, 4.69) is 0 Å². The summed E-state index contributed by atoms with van der Waals surface area (Å²) in [5.41, 5.74) is -0.0334. The number of hydrogen-bond acceptors (Lipinski definition) is 2. The van der Waals surface area contributed by atoms with Gasteiger partial charge in [-0.2, -0.15) is 20.9 Å². The molecule has 1 heterocycles. The quantitative estimate of drug-likeness (QED) is 0.545. The molecule has 2 nitrogen and oxygen atoms in total. The van der Waals surface area contributed by atoms with Gasteiger partial charge in [-0.25, -0.2) is 4.39 Å². The number of pyridine rings is 1. The summed E-state index contributed by atoms with van der Waals surface area (Å²) in [4.78, 5) is 0. The second-order valence-electron chi connectivity index (χ2n) is 2.60. The van der Waals surface area contributed by atoms with Gasteiger partial charge in [0.15, 0.2) is 11.6 Å². The summed E-state index contributed by atoms with van der Waals surface area (Å²) in [5, 5.41) is 10.8. The van der Waals surface area contributed by atoms with Gasteiger partial charge in [0.1, 0.15) is 0 Å². The van der Waals surface area contributed by atoms with E-state index in [9.17, 15) is 14.0 Å². The van der Waals surface area contributed by atoms with Crippen LogP contribution in [0.15, 0.2) is 12.3 Å². The minimum Gasteiger partial charge on any atom is -0.618 e. The van der Waals surface area contributed by atoms with Gasteiger partial charge in [0.25, 0.3) is 0 Å². The number of rotatable bonds is 2. The first-order valence-electron chi connectivity index (χ1n) is 3.67. The Morgan fingerprint density at radius 2 is 2.15 bits per heavy atom. The Morgan fingerprint density at radius 3 is 2.62 bits per heavy atom. The van der Waals surface area contributed by atoms with Crippen LogP contribution in [0.4, 0.5) is 8.78 Å². The highest BCUT2D eigenvalue weighted by Gasteiger charge is 2.21. The maximum atomic E-state index is 13.1. The van der Waals surface area contributed by atoms with Gasteiger partial charge >= 0.3 is 0 Å². The fourth-order valence-electron chi connectivity index (χ4n) is 1.00. The maximum absolute atomic E-state index is 13.1. The van der Waals surface area contributed by atoms with Crippen LogP contribution in [0.3, 0.4) is 0 Å². The molecule has 1 rings (SSSR count). The predicted octanol–water partition coefficient (Wildman–Crippen LogP) is 2.02. The van der Waals surface area contributed by atoms with Gasteiger partial charge in [0, 0.05) is 6.07 Å².